The Morgan fingerprint density at radius 3 is 2.57 bits per heavy atom. The van der Waals surface area contributed by atoms with Crippen molar-refractivity contribution in [3.8, 4) is 0 Å². The van der Waals surface area contributed by atoms with Crippen molar-refractivity contribution >= 4 is 29.5 Å². The molecule has 0 atom stereocenters. The van der Waals surface area contributed by atoms with Crippen LogP contribution in [0.1, 0.15) is 44.7 Å². The van der Waals surface area contributed by atoms with Crippen LogP contribution in [-0.4, -0.2) is 31.9 Å². The maximum Gasteiger partial charge on any atom is 0.337 e. The van der Waals surface area contributed by atoms with E-state index in [-0.39, 0.29) is 12.5 Å². The van der Waals surface area contributed by atoms with Crippen molar-refractivity contribution in [2.45, 2.75) is 46.6 Å². The molecule has 6 nitrogen and oxygen atoms in total. The molecule has 0 bridgehead atoms. The zero-order valence-electron chi connectivity index (χ0n) is 17.4. The van der Waals surface area contributed by atoms with Crippen LogP contribution < -0.4 is 5.63 Å². The Balaban J connectivity index is 3.06. The molecule has 0 aliphatic heterocycles. The molecule has 1 aromatic heterocycles. The Hall–Kier alpha value is -2.12. The number of ether oxygens (including phenoxy) is 2. The van der Waals surface area contributed by atoms with Crippen LogP contribution in [0.2, 0.25) is 0 Å². The lowest BCUT2D eigenvalue weighted by Crippen LogP contribution is -2.07. The lowest BCUT2D eigenvalue weighted by atomic mass is 10.1. The zero-order chi connectivity index (χ0) is 20.9. The SMILES string of the molecule is C=N/C(=N\c1oc(=O)cc(CC)c1COC/C(=C/C=C(\CC)OC)CC)SC. The first kappa shape index (κ1) is 23.9. The third-order valence-electron chi connectivity index (χ3n) is 4.13. The monoisotopic (exact) mass is 406 g/mol. The van der Waals surface area contributed by atoms with E-state index < -0.39 is 5.63 Å². The van der Waals surface area contributed by atoms with E-state index in [0.29, 0.717) is 18.2 Å². The van der Waals surface area contributed by atoms with E-state index in [0.717, 1.165) is 35.3 Å². The smallest absolute Gasteiger partial charge is 0.337 e. The second-order valence-corrected chi connectivity index (χ2v) is 6.62. The van der Waals surface area contributed by atoms with Crippen LogP contribution >= 0.6 is 11.8 Å². The summed E-state index contributed by atoms with van der Waals surface area (Å²) >= 11 is 1.33. The second-order valence-electron chi connectivity index (χ2n) is 5.85. The summed E-state index contributed by atoms with van der Waals surface area (Å²) in [6, 6.07) is 1.49. The molecular weight excluding hydrogens is 376 g/mol. The molecule has 0 aliphatic carbocycles. The number of aliphatic imine (C=N–C) groups is 2. The highest BCUT2D eigenvalue weighted by atomic mass is 32.2. The molecule has 0 N–H and O–H groups in total. The number of allylic oxidation sites excluding steroid dienone is 3. The molecule has 1 heterocycles. The summed E-state index contributed by atoms with van der Waals surface area (Å²) in [7, 11) is 1.67. The lowest BCUT2D eigenvalue weighted by Gasteiger charge is -2.11. The van der Waals surface area contributed by atoms with Crippen molar-refractivity contribution in [2.75, 3.05) is 20.0 Å². The number of thioether (sulfide) groups is 1. The molecule has 0 spiro atoms. The summed E-state index contributed by atoms with van der Waals surface area (Å²) in [4.78, 5) is 20.0. The molecule has 1 rings (SSSR count). The van der Waals surface area contributed by atoms with Crippen LogP contribution in [0.15, 0.2) is 48.7 Å². The number of hydrogen-bond acceptors (Lipinski definition) is 6. The zero-order valence-corrected chi connectivity index (χ0v) is 18.2. The first-order chi connectivity index (χ1) is 13.5. The van der Waals surface area contributed by atoms with E-state index in [9.17, 15) is 4.79 Å². The lowest BCUT2D eigenvalue weighted by molar-refractivity contribution is 0.139. The standard InChI is InChI=1S/C21H30N2O4S/c1-7-15(10-11-17(9-3)25-5)13-26-14-18-16(8-2)12-19(24)27-20(18)23-21(22-4)28-6/h10-12H,4,7-9,13-14H2,1-3,5-6H3/b15-10+,17-11+,23-21+. The molecule has 7 heteroatoms. The summed E-state index contributed by atoms with van der Waals surface area (Å²) in [6.07, 6.45) is 8.21. The molecule has 0 saturated heterocycles. The summed E-state index contributed by atoms with van der Waals surface area (Å²) < 4.78 is 16.5. The number of nitrogens with zero attached hydrogens (tertiary/aromatic N) is 2. The van der Waals surface area contributed by atoms with Gasteiger partial charge in [-0.05, 0) is 43.0 Å². The molecule has 154 valence electrons. The van der Waals surface area contributed by atoms with E-state index >= 15 is 0 Å². The summed E-state index contributed by atoms with van der Waals surface area (Å²) in [5.74, 6) is 1.15. The van der Waals surface area contributed by atoms with Gasteiger partial charge in [-0.2, -0.15) is 4.99 Å². The molecule has 0 amide bonds. The minimum Gasteiger partial charge on any atom is -0.501 e. The minimum absolute atomic E-state index is 0.232. The maximum absolute atomic E-state index is 11.9. The second kappa shape index (κ2) is 13.1. The fraction of sp³-hybridized carbons (Fsp3) is 0.476. The van der Waals surface area contributed by atoms with Crippen molar-refractivity contribution in [3.05, 3.63) is 51.1 Å². The molecule has 0 aromatic carbocycles. The highest BCUT2D eigenvalue weighted by molar-refractivity contribution is 8.13. The topological polar surface area (TPSA) is 73.4 Å². The van der Waals surface area contributed by atoms with Gasteiger partial charge in [-0.25, -0.2) is 9.79 Å². The van der Waals surface area contributed by atoms with Crippen LogP contribution in [-0.2, 0) is 22.5 Å². The third-order valence-corrected chi connectivity index (χ3v) is 4.72. The summed E-state index contributed by atoms with van der Waals surface area (Å²) in [5.41, 5.74) is 2.32. The first-order valence-electron chi connectivity index (χ1n) is 9.28. The maximum atomic E-state index is 11.9. The molecule has 0 aliphatic rings. The predicted octanol–water partition coefficient (Wildman–Crippen LogP) is 5.05. The van der Waals surface area contributed by atoms with Gasteiger partial charge in [-0.1, -0.05) is 38.6 Å². The van der Waals surface area contributed by atoms with Gasteiger partial charge in [0.25, 0.3) is 0 Å². The van der Waals surface area contributed by atoms with Gasteiger partial charge in [0.15, 0.2) is 5.17 Å². The Kier molecular flexibility index (Phi) is 11.2. The van der Waals surface area contributed by atoms with Crippen LogP contribution in [0.25, 0.3) is 0 Å². The van der Waals surface area contributed by atoms with E-state index in [1.54, 1.807) is 7.11 Å². The van der Waals surface area contributed by atoms with Crippen molar-refractivity contribution < 1.29 is 13.9 Å². The molecule has 0 fully saturated rings. The van der Waals surface area contributed by atoms with Crippen LogP contribution in [0.5, 0.6) is 0 Å². The third kappa shape index (κ3) is 7.48. The molecular formula is C21H30N2O4S. The molecule has 0 unspecified atom stereocenters. The fourth-order valence-corrected chi connectivity index (χ4v) is 2.74. The Bertz CT molecular complexity index is 788. The van der Waals surface area contributed by atoms with Gasteiger partial charge in [-0.3, -0.25) is 0 Å². The van der Waals surface area contributed by atoms with Crippen LogP contribution in [0.3, 0.4) is 0 Å². The summed E-state index contributed by atoms with van der Waals surface area (Å²) in [6.45, 7) is 10.4. The van der Waals surface area contributed by atoms with Crippen LogP contribution in [0, 0.1) is 0 Å². The van der Waals surface area contributed by atoms with Crippen LogP contribution in [0.4, 0.5) is 5.88 Å². The van der Waals surface area contributed by atoms with E-state index in [1.807, 2.05) is 32.3 Å². The molecule has 1 aromatic rings. The van der Waals surface area contributed by atoms with E-state index in [2.05, 4.69) is 23.6 Å². The number of amidine groups is 1. The minimum atomic E-state index is -0.435. The number of aryl methyl sites for hydroxylation is 1. The van der Waals surface area contributed by atoms with Crippen molar-refractivity contribution in [3.63, 3.8) is 0 Å². The number of methoxy groups -OCH3 is 1. The first-order valence-corrected chi connectivity index (χ1v) is 10.5. The number of rotatable bonds is 10. The normalized spacial score (nSPS) is 13.0. The molecule has 0 radical (unpaired) electrons. The largest absolute Gasteiger partial charge is 0.501 e. The van der Waals surface area contributed by atoms with Gasteiger partial charge in [-0.15, -0.1) is 0 Å². The Labute approximate surface area is 171 Å². The van der Waals surface area contributed by atoms with E-state index in [4.69, 9.17) is 13.9 Å². The highest BCUT2D eigenvalue weighted by Gasteiger charge is 2.13. The van der Waals surface area contributed by atoms with Gasteiger partial charge < -0.3 is 13.9 Å². The van der Waals surface area contributed by atoms with Crippen molar-refractivity contribution in [2.24, 2.45) is 9.98 Å². The highest BCUT2D eigenvalue weighted by Crippen LogP contribution is 2.24. The van der Waals surface area contributed by atoms with Crippen molar-refractivity contribution in [1.29, 1.82) is 0 Å². The quantitative estimate of drug-likeness (QED) is 0.235. The van der Waals surface area contributed by atoms with Gasteiger partial charge in [0, 0.05) is 18.1 Å². The van der Waals surface area contributed by atoms with Gasteiger partial charge >= 0.3 is 5.63 Å². The van der Waals surface area contributed by atoms with Crippen molar-refractivity contribution in [1.82, 2.24) is 0 Å². The van der Waals surface area contributed by atoms with E-state index in [1.165, 1.54) is 17.8 Å². The Morgan fingerprint density at radius 2 is 2.04 bits per heavy atom. The Morgan fingerprint density at radius 1 is 1.29 bits per heavy atom. The van der Waals surface area contributed by atoms with Gasteiger partial charge in [0.1, 0.15) is 0 Å². The fourth-order valence-electron chi connectivity index (χ4n) is 2.44. The average Bonchev–Trinajstić information content (AvgIpc) is 2.71. The number of hydrogen-bond donors (Lipinski definition) is 0. The predicted molar refractivity (Wildman–Crippen MR) is 118 cm³/mol. The average molecular weight is 407 g/mol. The summed E-state index contributed by atoms with van der Waals surface area (Å²) in [5, 5.41) is 0.434. The molecule has 0 saturated carbocycles. The molecule has 28 heavy (non-hydrogen) atoms. The van der Waals surface area contributed by atoms with Gasteiger partial charge in [0.05, 0.1) is 26.1 Å². The van der Waals surface area contributed by atoms with Gasteiger partial charge in [0.2, 0.25) is 5.88 Å².